The molecule has 0 aliphatic heterocycles. The number of Topliss-reactive ketones (excluding diaryl/α,β-unsaturated/α-hetero) is 1. The molecular weight excluding hydrogens is 311 g/mol. The Bertz CT molecular complexity index is 605. The number of carbonyl (C=O) groups is 1. The molecule has 0 atom stereocenters. The summed E-state index contributed by atoms with van der Waals surface area (Å²) in [5.74, 6) is 0.0115. The quantitative estimate of drug-likeness (QED) is 0.673. The Morgan fingerprint density at radius 2 is 1.57 bits per heavy atom. The number of nitrogens with zero attached hydrogens (tertiary/aromatic N) is 2. The molecule has 0 unspecified atom stereocenters. The van der Waals surface area contributed by atoms with Crippen LogP contribution in [0, 0.1) is 13.8 Å². The van der Waals surface area contributed by atoms with Crippen molar-refractivity contribution in [1.29, 1.82) is 0 Å². The third-order valence-electron chi connectivity index (χ3n) is 2.49. The van der Waals surface area contributed by atoms with Crippen molar-refractivity contribution < 1.29 is 9.90 Å². The van der Waals surface area contributed by atoms with Crippen LogP contribution in [-0.2, 0) is 6.61 Å². The van der Waals surface area contributed by atoms with Crippen molar-refractivity contribution in [2.24, 2.45) is 0 Å². The minimum Gasteiger partial charge on any atom is -0.392 e. The molecule has 0 saturated carbocycles. The van der Waals surface area contributed by atoms with Crippen molar-refractivity contribution in [2.75, 3.05) is 0 Å². The van der Waals surface area contributed by atoms with Crippen molar-refractivity contribution in [3.63, 3.8) is 0 Å². The van der Waals surface area contributed by atoms with E-state index in [0.29, 0.717) is 15.9 Å². The predicted octanol–water partition coefficient (Wildman–Crippen LogP) is 3.78. The highest BCUT2D eigenvalue weighted by atomic mass is 35.5. The molecule has 2 rings (SSSR count). The largest absolute Gasteiger partial charge is 0.392 e. The number of pyridine rings is 2. The summed E-state index contributed by atoms with van der Waals surface area (Å²) in [5, 5.41) is 9.50. The zero-order valence-electron chi connectivity index (χ0n) is 12.0. The molecule has 112 valence electrons. The van der Waals surface area contributed by atoms with Crippen molar-refractivity contribution in [3.8, 4) is 0 Å². The summed E-state index contributed by atoms with van der Waals surface area (Å²) < 4.78 is 0. The first-order valence-electron chi connectivity index (χ1n) is 6.21. The van der Waals surface area contributed by atoms with Gasteiger partial charge < -0.3 is 5.11 Å². The summed E-state index contributed by atoms with van der Waals surface area (Å²) in [6.07, 6.45) is 0. The standard InChI is InChI=1S/C8H8ClNO.C7H8ClNO/c1-5-3-7(6(2)11)4-8(9)10-5;1-5-2-6(4-10)3-7(8)9-5/h3-4H,1-2H3;2-3,10H,4H2,1H3. The Labute approximate surface area is 133 Å². The van der Waals surface area contributed by atoms with E-state index in [1.165, 1.54) is 6.92 Å². The van der Waals surface area contributed by atoms with Gasteiger partial charge in [-0.3, -0.25) is 4.79 Å². The van der Waals surface area contributed by atoms with Gasteiger partial charge in [0.25, 0.3) is 0 Å². The van der Waals surface area contributed by atoms with Gasteiger partial charge in [0, 0.05) is 17.0 Å². The van der Waals surface area contributed by atoms with Crippen molar-refractivity contribution in [2.45, 2.75) is 27.4 Å². The number of halogens is 2. The number of ketones is 1. The van der Waals surface area contributed by atoms with Crippen LogP contribution >= 0.6 is 23.2 Å². The second-order valence-electron chi connectivity index (χ2n) is 4.47. The fraction of sp³-hybridized carbons (Fsp3) is 0.267. The molecule has 2 aromatic heterocycles. The van der Waals surface area contributed by atoms with Gasteiger partial charge in [0.1, 0.15) is 10.3 Å². The highest BCUT2D eigenvalue weighted by Crippen LogP contribution is 2.10. The molecule has 0 saturated heterocycles. The molecule has 0 amide bonds. The number of hydrogen-bond acceptors (Lipinski definition) is 4. The lowest BCUT2D eigenvalue weighted by Gasteiger charge is -1.97. The second-order valence-corrected chi connectivity index (χ2v) is 5.25. The molecule has 21 heavy (non-hydrogen) atoms. The van der Waals surface area contributed by atoms with Crippen molar-refractivity contribution >= 4 is 29.0 Å². The topological polar surface area (TPSA) is 63.1 Å². The summed E-state index contributed by atoms with van der Waals surface area (Å²) in [7, 11) is 0. The lowest BCUT2D eigenvalue weighted by Crippen LogP contribution is -1.94. The third kappa shape index (κ3) is 6.21. The first-order valence-corrected chi connectivity index (χ1v) is 6.96. The van der Waals surface area contributed by atoms with E-state index in [1.54, 1.807) is 31.2 Å². The first-order chi connectivity index (χ1) is 9.81. The van der Waals surface area contributed by atoms with Gasteiger partial charge >= 0.3 is 0 Å². The summed E-state index contributed by atoms with van der Waals surface area (Å²) in [4.78, 5) is 18.7. The smallest absolute Gasteiger partial charge is 0.159 e. The molecule has 0 aliphatic rings. The highest BCUT2D eigenvalue weighted by molar-refractivity contribution is 6.29. The molecule has 1 N–H and O–H groups in total. The van der Waals surface area contributed by atoms with Gasteiger partial charge in [0.05, 0.1) is 6.61 Å². The number of aliphatic hydroxyl groups excluding tert-OH is 1. The fourth-order valence-electron chi connectivity index (χ4n) is 1.62. The van der Waals surface area contributed by atoms with Gasteiger partial charge in [0.2, 0.25) is 0 Å². The number of aliphatic hydroxyl groups is 1. The van der Waals surface area contributed by atoms with Gasteiger partial charge in [0.15, 0.2) is 5.78 Å². The number of rotatable bonds is 2. The van der Waals surface area contributed by atoms with Gasteiger partial charge in [-0.15, -0.1) is 0 Å². The normalized spacial score (nSPS) is 9.81. The molecule has 0 fully saturated rings. The number of aryl methyl sites for hydroxylation is 2. The Morgan fingerprint density at radius 3 is 2.00 bits per heavy atom. The van der Waals surface area contributed by atoms with E-state index >= 15 is 0 Å². The lowest BCUT2D eigenvalue weighted by molar-refractivity contribution is 0.101. The average molecular weight is 327 g/mol. The fourth-order valence-corrected chi connectivity index (χ4v) is 2.14. The number of aromatic nitrogens is 2. The Balaban J connectivity index is 0.000000211. The van der Waals surface area contributed by atoms with E-state index < -0.39 is 0 Å². The summed E-state index contributed by atoms with van der Waals surface area (Å²) in [5.41, 5.74) is 3.01. The van der Waals surface area contributed by atoms with Crippen molar-refractivity contribution in [3.05, 3.63) is 57.1 Å². The van der Waals surface area contributed by atoms with Gasteiger partial charge in [-0.25, -0.2) is 9.97 Å². The van der Waals surface area contributed by atoms with Crippen LogP contribution in [-0.4, -0.2) is 20.9 Å². The van der Waals surface area contributed by atoms with Gasteiger partial charge in [-0.05, 0) is 50.6 Å². The summed E-state index contributed by atoms with van der Waals surface area (Å²) >= 11 is 11.2. The molecule has 0 aliphatic carbocycles. The molecule has 0 radical (unpaired) electrons. The Morgan fingerprint density at radius 1 is 1.05 bits per heavy atom. The SMILES string of the molecule is CC(=O)c1cc(C)nc(Cl)c1.Cc1cc(CO)cc(Cl)n1. The zero-order valence-corrected chi connectivity index (χ0v) is 13.5. The van der Waals surface area contributed by atoms with Gasteiger partial charge in [-0.1, -0.05) is 23.2 Å². The van der Waals surface area contributed by atoms with Crippen LogP contribution < -0.4 is 0 Å². The Hall–Kier alpha value is -1.49. The maximum Gasteiger partial charge on any atom is 0.159 e. The summed E-state index contributed by atoms with van der Waals surface area (Å²) in [6.45, 7) is 5.16. The number of hydrogen-bond donors (Lipinski definition) is 1. The minimum absolute atomic E-state index is 0.0115. The van der Waals surface area contributed by atoms with E-state index in [0.717, 1.165) is 17.0 Å². The summed E-state index contributed by atoms with van der Waals surface area (Å²) in [6, 6.07) is 6.73. The third-order valence-corrected chi connectivity index (χ3v) is 2.88. The van der Waals surface area contributed by atoms with E-state index in [-0.39, 0.29) is 12.4 Å². The molecule has 2 aromatic rings. The van der Waals surface area contributed by atoms with Crippen LogP contribution in [0.2, 0.25) is 10.3 Å². The van der Waals surface area contributed by atoms with Crippen LogP contribution in [0.4, 0.5) is 0 Å². The molecular formula is C15H16Cl2N2O2. The molecule has 6 heteroatoms. The Kier molecular flexibility index (Phi) is 6.75. The number of carbonyl (C=O) groups excluding carboxylic acids is 1. The molecule has 4 nitrogen and oxygen atoms in total. The zero-order chi connectivity index (χ0) is 16.0. The second kappa shape index (κ2) is 8.08. The maximum atomic E-state index is 10.9. The predicted molar refractivity (Wildman–Crippen MR) is 83.9 cm³/mol. The molecule has 0 spiro atoms. The monoisotopic (exact) mass is 326 g/mol. The van der Waals surface area contributed by atoms with Crippen LogP contribution in [0.1, 0.15) is 34.2 Å². The van der Waals surface area contributed by atoms with Crippen LogP contribution in [0.25, 0.3) is 0 Å². The van der Waals surface area contributed by atoms with E-state index in [9.17, 15) is 4.79 Å². The van der Waals surface area contributed by atoms with E-state index in [4.69, 9.17) is 28.3 Å². The lowest BCUT2D eigenvalue weighted by atomic mass is 10.2. The van der Waals surface area contributed by atoms with Crippen LogP contribution in [0.5, 0.6) is 0 Å². The van der Waals surface area contributed by atoms with Crippen LogP contribution in [0.3, 0.4) is 0 Å². The molecule has 2 heterocycles. The van der Waals surface area contributed by atoms with Crippen molar-refractivity contribution in [1.82, 2.24) is 9.97 Å². The minimum atomic E-state index is 0.0115. The molecule has 0 aromatic carbocycles. The van der Waals surface area contributed by atoms with Gasteiger partial charge in [-0.2, -0.15) is 0 Å². The van der Waals surface area contributed by atoms with E-state index in [2.05, 4.69) is 9.97 Å². The first kappa shape index (κ1) is 17.6. The average Bonchev–Trinajstić information content (AvgIpc) is 2.37. The van der Waals surface area contributed by atoms with Crippen LogP contribution in [0.15, 0.2) is 24.3 Å². The molecule has 0 bridgehead atoms. The highest BCUT2D eigenvalue weighted by Gasteiger charge is 2.01. The van der Waals surface area contributed by atoms with E-state index in [1.807, 2.05) is 6.92 Å². The maximum absolute atomic E-state index is 10.9.